The van der Waals surface area contributed by atoms with Crippen LogP contribution in [-0.4, -0.2) is 97.7 Å². The van der Waals surface area contributed by atoms with Gasteiger partial charge in [0.15, 0.2) is 0 Å². The molecule has 0 unspecified atom stereocenters. The SMILES string of the molecule is CNc1ccc(C(=O)O)cc1.COC(=O)c1cccc(C(=O)Cl)c1.COC(=O)c1cccc(C(=O)N(C)c2ccc(C(=O)O)cc2)c1.COC(=O)c1cccc(C(=O)O)c1. The molecule has 0 atom stereocenters. The predicted octanol–water partition coefficient (Wildman–Crippen LogP) is 6.90. The molecular weight excluding hydrogens is 804 g/mol. The Morgan fingerprint density at radius 1 is 0.483 bits per heavy atom. The number of aromatic carboxylic acids is 3. The highest BCUT2D eigenvalue weighted by molar-refractivity contribution is 6.67. The number of methoxy groups -OCH3 is 3. The number of hydrogen-bond donors (Lipinski definition) is 4. The number of amides is 1. The molecule has 0 saturated heterocycles. The molecule has 4 N–H and O–H groups in total. The zero-order valence-electron chi connectivity index (χ0n) is 32.7. The second-order valence-electron chi connectivity index (χ2n) is 11.6. The number of rotatable bonds is 10. The van der Waals surface area contributed by atoms with E-state index in [4.69, 9.17) is 26.9 Å². The van der Waals surface area contributed by atoms with E-state index in [0.717, 1.165) is 5.69 Å². The number of anilines is 2. The van der Waals surface area contributed by atoms with Gasteiger partial charge in [-0.05, 0) is 109 Å². The minimum Gasteiger partial charge on any atom is -0.478 e. The number of esters is 3. The molecule has 0 heterocycles. The van der Waals surface area contributed by atoms with E-state index in [9.17, 15) is 38.4 Å². The second-order valence-corrected chi connectivity index (χ2v) is 12.0. The maximum Gasteiger partial charge on any atom is 0.337 e. The molecule has 17 heteroatoms. The third-order valence-electron chi connectivity index (χ3n) is 7.80. The van der Waals surface area contributed by atoms with Gasteiger partial charge in [-0.1, -0.05) is 24.3 Å². The number of carboxylic acids is 3. The molecule has 0 radical (unpaired) electrons. The van der Waals surface area contributed by atoms with Crippen LogP contribution in [0.5, 0.6) is 0 Å². The quantitative estimate of drug-likeness (QED) is 0.0635. The number of nitrogens with zero attached hydrogens (tertiary/aromatic N) is 1. The summed E-state index contributed by atoms with van der Waals surface area (Å²) in [5, 5.41) is 28.3. The highest BCUT2D eigenvalue weighted by Gasteiger charge is 2.16. The number of carbonyl (C=O) groups excluding carboxylic acids is 5. The van der Waals surface area contributed by atoms with E-state index in [1.807, 2.05) is 0 Å². The van der Waals surface area contributed by atoms with E-state index in [1.165, 1.54) is 80.8 Å². The molecule has 0 aromatic heterocycles. The Kier molecular flexibility index (Phi) is 19.4. The maximum atomic E-state index is 12.5. The van der Waals surface area contributed by atoms with Crippen molar-refractivity contribution in [2.75, 3.05) is 45.6 Å². The second kappa shape index (κ2) is 24.0. The Balaban J connectivity index is 0.000000290. The van der Waals surface area contributed by atoms with Gasteiger partial charge in [-0.25, -0.2) is 28.8 Å². The van der Waals surface area contributed by atoms with Crippen LogP contribution >= 0.6 is 11.6 Å². The fourth-order valence-corrected chi connectivity index (χ4v) is 4.72. The van der Waals surface area contributed by atoms with Crippen molar-refractivity contribution < 1.29 is 67.9 Å². The van der Waals surface area contributed by atoms with E-state index in [2.05, 4.69) is 19.5 Å². The van der Waals surface area contributed by atoms with Crippen molar-refractivity contribution in [1.82, 2.24) is 0 Å². The first-order valence-electron chi connectivity index (χ1n) is 17.1. The summed E-state index contributed by atoms with van der Waals surface area (Å²) in [5.41, 5.74) is 3.43. The molecule has 5 aromatic carbocycles. The lowest BCUT2D eigenvalue weighted by Crippen LogP contribution is -2.26. The number of ether oxygens (including phenoxy) is 3. The predicted molar refractivity (Wildman–Crippen MR) is 220 cm³/mol. The molecule has 16 nitrogen and oxygen atoms in total. The average Bonchev–Trinajstić information content (AvgIpc) is 3.28. The van der Waals surface area contributed by atoms with E-state index in [1.54, 1.807) is 80.8 Å². The summed E-state index contributed by atoms with van der Waals surface area (Å²) in [7, 11) is 7.15. The average molecular weight is 843 g/mol. The van der Waals surface area contributed by atoms with Gasteiger partial charge < -0.3 is 39.7 Å². The zero-order chi connectivity index (χ0) is 44.9. The molecule has 0 spiro atoms. The van der Waals surface area contributed by atoms with Crippen molar-refractivity contribution in [3.8, 4) is 0 Å². The molecule has 0 aliphatic carbocycles. The van der Waals surface area contributed by atoms with Crippen LogP contribution in [0.3, 0.4) is 0 Å². The zero-order valence-corrected chi connectivity index (χ0v) is 33.5. The number of nitrogens with one attached hydrogen (secondary N) is 1. The molecule has 5 aromatic rings. The lowest BCUT2D eigenvalue weighted by molar-refractivity contribution is 0.0591. The largest absolute Gasteiger partial charge is 0.478 e. The van der Waals surface area contributed by atoms with Crippen molar-refractivity contribution in [2.24, 2.45) is 0 Å². The smallest absolute Gasteiger partial charge is 0.337 e. The van der Waals surface area contributed by atoms with Crippen molar-refractivity contribution in [1.29, 1.82) is 0 Å². The monoisotopic (exact) mass is 842 g/mol. The summed E-state index contributed by atoms with van der Waals surface area (Å²) < 4.78 is 13.5. The van der Waals surface area contributed by atoms with Gasteiger partial charge in [0.1, 0.15) is 0 Å². The lowest BCUT2D eigenvalue weighted by atomic mass is 10.1. The van der Waals surface area contributed by atoms with Crippen LogP contribution in [0.4, 0.5) is 11.4 Å². The van der Waals surface area contributed by atoms with Gasteiger partial charge >= 0.3 is 35.8 Å². The third-order valence-corrected chi connectivity index (χ3v) is 8.02. The summed E-state index contributed by atoms with van der Waals surface area (Å²) >= 11 is 5.23. The molecule has 5 rings (SSSR count). The fourth-order valence-electron chi connectivity index (χ4n) is 4.60. The fraction of sp³-hybridized carbons (Fsp3) is 0.116. The topological polar surface area (TPSA) is 240 Å². The van der Waals surface area contributed by atoms with Crippen LogP contribution in [-0.2, 0) is 14.2 Å². The number of benzene rings is 5. The molecule has 0 bridgehead atoms. The van der Waals surface area contributed by atoms with Crippen LogP contribution in [0.2, 0.25) is 0 Å². The van der Waals surface area contributed by atoms with E-state index in [-0.39, 0.29) is 33.7 Å². The van der Waals surface area contributed by atoms with E-state index < -0.39 is 41.1 Å². The molecule has 312 valence electrons. The first-order chi connectivity index (χ1) is 28.5. The lowest BCUT2D eigenvalue weighted by Gasteiger charge is -2.18. The van der Waals surface area contributed by atoms with Crippen LogP contribution in [0.15, 0.2) is 121 Å². The minimum absolute atomic E-state index is 0.0721. The molecule has 0 aliphatic heterocycles. The molecule has 0 aliphatic rings. The molecule has 0 fully saturated rings. The Labute approximate surface area is 348 Å². The van der Waals surface area contributed by atoms with Gasteiger partial charge in [-0.2, -0.15) is 0 Å². The van der Waals surface area contributed by atoms with Crippen molar-refractivity contribution in [2.45, 2.75) is 0 Å². The molecule has 0 saturated carbocycles. The first-order valence-corrected chi connectivity index (χ1v) is 17.5. The summed E-state index contributed by atoms with van der Waals surface area (Å²) in [6.45, 7) is 0. The Hall–Kier alpha value is -7.85. The van der Waals surface area contributed by atoms with Crippen LogP contribution < -0.4 is 10.2 Å². The van der Waals surface area contributed by atoms with Crippen LogP contribution in [0.25, 0.3) is 0 Å². The standard InChI is InChI=1S/C17H15NO5.C9H7ClO3.C9H8O4.C8H9NO2/c1-18(14-8-6-11(7-9-14)16(20)21)15(19)12-4-3-5-13(10-12)17(22)23-2;2*1-13-9(12)7-4-2-3-6(5-7)8(10)11;1-9-7-4-2-6(3-5-7)8(10)11/h3-10H,1-2H3,(H,20,21);2-5H,1H3;2-5H,1H3,(H,10,11);2-5,9H,1H3,(H,10,11). The van der Waals surface area contributed by atoms with Gasteiger partial charge in [0.2, 0.25) is 0 Å². The van der Waals surface area contributed by atoms with Crippen molar-refractivity contribution in [3.05, 3.63) is 166 Å². The number of hydrogen-bond acceptors (Lipinski definition) is 12. The minimum atomic E-state index is -1.06. The molecule has 1 amide bonds. The Morgan fingerprint density at radius 3 is 1.18 bits per heavy atom. The Morgan fingerprint density at radius 2 is 0.817 bits per heavy atom. The van der Waals surface area contributed by atoms with Crippen LogP contribution in [0.1, 0.15) is 82.9 Å². The van der Waals surface area contributed by atoms with Crippen LogP contribution in [0, 0.1) is 0 Å². The van der Waals surface area contributed by atoms with Gasteiger partial charge in [0.05, 0.1) is 54.7 Å². The number of carboxylic acid groups (broad SMARTS) is 3. The summed E-state index contributed by atoms with van der Waals surface area (Å²) in [6.07, 6.45) is 0. The molecule has 60 heavy (non-hydrogen) atoms. The van der Waals surface area contributed by atoms with Gasteiger partial charge in [0, 0.05) is 36.6 Å². The van der Waals surface area contributed by atoms with Crippen molar-refractivity contribution >= 4 is 69.9 Å². The Bertz CT molecular complexity index is 2260. The number of carbonyl (C=O) groups is 8. The highest BCUT2D eigenvalue weighted by atomic mass is 35.5. The number of halogens is 1. The summed E-state index contributed by atoms with van der Waals surface area (Å²) in [6, 6.07) is 30.4. The third kappa shape index (κ3) is 14.9. The first kappa shape index (κ1) is 48.3. The highest BCUT2D eigenvalue weighted by Crippen LogP contribution is 2.18. The maximum absolute atomic E-state index is 12.5. The molecular formula is C43H39ClN2O14. The summed E-state index contributed by atoms with van der Waals surface area (Å²) in [5.74, 6) is -4.86. The summed E-state index contributed by atoms with van der Waals surface area (Å²) in [4.78, 5) is 89.8. The van der Waals surface area contributed by atoms with Crippen molar-refractivity contribution in [3.63, 3.8) is 0 Å². The van der Waals surface area contributed by atoms with Gasteiger partial charge in [-0.3, -0.25) is 9.59 Å². The van der Waals surface area contributed by atoms with E-state index >= 15 is 0 Å². The van der Waals surface area contributed by atoms with Gasteiger partial charge in [-0.15, -0.1) is 0 Å². The normalized spacial score (nSPS) is 9.57. The van der Waals surface area contributed by atoms with E-state index in [0.29, 0.717) is 22.4 Å². The van der Waals surface area contributed by atoms with Gasteiger partial charge in [0.25, 0.3) is 11.1 Å².